The van der Waals surface area contributed by atoms with E-state index in [1.165, 1.54) is 0 Å². The molecule has 2 N–H and O–H groups in total. The molecule has 7 heteroatoms. The van der Waals surface area contributed by atoms with Crippen molar-refractivity contribution >= 4 is 11.8 Å². The topological polar surface area (TPSA) is 105 Å². The van der Waals surface area contributed by atoms with Crippen LogP contribution in [0.25, 0.3) is 11.4 Å². The van der Waals surface area contributed by atoms with Crippen LogP contribution < -0.4 is 4.74 Å². The molecule has 0 saturated heterocycles. The first-order valence-electron chi connectivity index (χ1n) is 11.0. The van der Waals surface area contributed by atoms with E-state index >= 15 is 0 Å². The van der Waals surface area contributed by atoms with E-state index in [2.05, 4.69) is 15.2 Å². The molecule has 0 amide bonds. The van der Waals surface area contributed by atoms with E-state index in [4.69, 9.17) is 9.84 Å². The van der Waals surface area contributed by atoms with Gasteiger partial charge in [0.05, 0.1) is 17.6 Å². The number of benzene rings is 1. The van der Waals surface area contributed by atoms with Crippen LogP contribution in [0, 0.1) is 11.8 Å². The minimum absolute atomic E-state index is 0.138. The number of H-pyrrole nitrogens is 1. The zero-order valence-electron chi connectivity index (χ0n) is 17.9. The van der Waals surface area contributed by atoms with Crippen LogP contribution in [0.3, 0.4) is 0 Å². The largest absolute Gasteiger partial charge is 0.487 e. The van der Waals surface area contributed by atoms with Gasteiger partial charge in [0.1, 0.15) is 12.4 Å². The maximum atomic E-state index is 12.8. The van der Waals surface area contributed by atoms with Gasteiger partial charge in [-0.2, -0.15) is 5.10 Å². The van der Waals surface area contributed by atoms with E-state index in [-0.39, 0.29) is 18.1 Å². The molecule has 0 spiro atoms. The number of aromatic nitrogens is 3. The molecule has 1 aromatic carbocycles. The Labute approximate surface area is 186 Å². The van der Waals surface area contributed by atoms with Crippen LogP contribution in [0.2, 0.25) is 0 Å². The number of aromatic amines is 1. The number of ketones is 1. The number of aliphatic carboxylic acids is 1. The summed E-state index contributed by atoms with van der Waals surface area (Å²) < 4.78 is 5.84. The van der Waals surface area contributed by atoms with Gasteiger partial charge in [0.2, 0.25) is 0 Å². The van der Waals surface area contributed by atoms with Gasteiger partial charge < -0.3 is 9.84 Å². The number of carbonyl (C=O) groups excluding carboxylic acids is 1. The number of Topliss-reactive ketones (excluding diaryl/α,β-unsaturated/α-hetero) is 1. The molecule has 1 saturated carbocycles. The zero-order chi connectivity index (χ0) is 22.3. The molecule has 4 rings (SSSR count). The number of carbonyl (C=O) groups is 2. The third kappa shape index (κ3) is 5.81. The summed E-state index contributed by atoms with van der Waals surface area (Å²) in [6.07, 6.45) is 7.75. The van der Waals surface area contributed by atoms with Crippen molar-refractivity contribution in [2.24, 2.45) is 11.8 Å². The van der Waals surface area contributed by atoms with Gasteiger partial charge in [-0.05, 0) is 67.3 Å². The number of hydrogen-bond acceptors (Lipinski definition) is 5. The van der Waals surface area contributed by atoms with Crippen molar-refractivity contribution in [3.63, 3.8) is 0 Å². The molecule has 2 aromatic heterocycles. The average molecular weight is 434 g/mol. The third-order valence-corrected chi connectivity index (χ3v) is 6.07. The minimum Gasteiger partial charge on any atom is -0.487 e. The Balaban J connectivity index is 1.28. The van der Waals surface area contributed by atoms with Gasteiger partial charge in [0, 0.05) is 24.6 Å². The lowest BCUT2D eigenvalue weighted by Crippen LogP contribution is -2.19. The van der Waals surface area contributed by atoms with Gasteiger partial charge in [-0.15, -0.1) is 0 Å². The Bertz CT molecular complexity index is 1040. The van der Waals surface area contributed by atoms with E-state index in [0.717, 1.165) is 42.6 Å². The number of nitrogens with one attached hydrogen (secondary N) is 1. The average Bonchev–Trinajstić information content (AvgIpc) is 3.34. The second kappa shape index (κ2) is 10.2. The second-order valence-electron chi connectivity index (χ2n) is 8.45. The van der Waals surface area contributed by atoms with Crippen molar-refractivity contribution in [3.8, 4) is 17.1 Å². The van der Waals surface area contributed by atoms with Crippen LogP contribution in [0.5, 0.6) is 5.75 Å². The molecule has 0 radical (unpaired) electrons. The van der Waals surface area contributed by atoms with Crippen LogP contribution in [0.1, 0.15) is 54.4 Å². The van der Waals surface area contributed by atoms with Crippen molar-refractivity contribution in [2.75, 3.05) is 0 Å². The summed E-state index contributed by atoms with van der Waals surface area (Å²) in [7, 11) is 0. The van der Waals surface area contributed by atoms with Gasteiger partial charge in [0.15, 0.2) is 5.78 Å². The molecular weight excluding hydrogens is 406 g/mol. The molecule has 32 heavy (non-hydrogen) atoms. The second-order valence-corrected chi connectivity index (χ2v) is 8.45. The summed E-state index contributed by atoms with van der Waals surface area (Å²) in [6.45, 7) is 0.354. The van der Waals surface area contributed by atoms with E-state index in [9.17, 15) is 9.59 Å². The molecule has 1 aliphatic rings. The van der Waals surface area contributed by atoms with Gasteiger partial charge in [0.25, 0.3) is 0 Å². The molecule has 1 aliphatic carbocycles. The van der Waals surface area contributed by atoms with Crippen LogP contribution in [0.15, 0.2) is 54.9 Å². The summed E-state index contributed by atoms with van der Waals surface area (Å²) in [4.78, 5) is 28.1. The van der Waals surface area contributed by atoms with Gasteiger partial charge in [-0.25, -0.2) is 0 Å². The van der Waals surface area contributed by atoms with Crippen LogP contribution in [-0.4, -0.2) is 32.0 Å². The first-order valence-corrected chi connectivity index (χ1v) is 11.0. The fourth-order valence-electron chi connectivity index (χ4n) is 4.29. The summed E-state index contributed by atoms with van der Waals surface area (Å²) >= 11 is 0. The highest BCUT2D eigenvalue weighted by Gasteiger charge is 2.25. The maximum Gasteiger partial charge on any atom is 0.303 e. The van der Waals surface area contributed by atoms with Crippen LogP contribution >= 0.6 is 0 Å². The quantitative estimate of drug-likeness (QED) is 0.465. The van der Waals surface area contributed by atoms with Gasteiger partial charge in [-0.1, -0.05) is 18.2 Å². The minimum atomic E-state index is -0.729. The van der Waals surface area contributed by atoms with Gasteiger partial charge >= 0.3 is 5.97 Å². The highest BCUT2D eigenvalue weighted by molar-refractivity contribution is 5.96. The Morgan fingerprint density at radius 1 is 1.03 bits per heavy atom. The predicted molar refractivity (Wildman–Crippen MR) is 119 cm³/mol. The van der Waals surface area contributed by atoms with Crippen molar-refractivity contribution in [1.29, 1.82) is 0 Å². The monoisotopic (exact) mass is 433 g/mol. The smallest absolute Gasteiger partial charge is 0.303 e. The number of pyridine rings is 1. The Morgan fingerprint density at radius 2 is 1.81 bits per heavy atom. The molecular formula is C25H27N3O4. The van der Waals surface area contributed by atoms with Crippen molar-refractivity contribution in [3.05, 3.63) is 66.0 Å². The van der Waals surface area contributed by atoms with Gasteiger partial charge in [-0.3, -0.25) is 19.7 Å². The van der Waals surface area contributed by atoms with Crippen molar-refractivity contribution in [1.82, 2.24) is 15.2 Å². The summed E-state index contributed by atoms with van der Waals surface area (Å²) in [5.41, 5.74) is 3.27. The summed E-state index contributed by atoms with van der Waals surface area (Å²) in [6, 6.07) is 13.2. The van der Waals surface area contributed by atoms with E-state index in [1.54, 1.807) is 12.4 Å². The van der Waals surface area contributed by atoms with Crippen LogP contribution in [-0.2, 0) is 11.4 Å². The summed E-state index contributed by atoms with van der Waals surface area (Å²) in [5, 5.41) is 15.7. The normalized spacial score (nSPS) is 18.2. The summed E-state index contributed by atoms with van der Waals surface area (Å²) in [5.74, 6) is 0.657. The lowest BCUT2D eigenvalue weighted by molar-refractivity contribution is -0.138. The van der Waals surface area contributed by atoms with Crippen molar-refractivity contribution < 1.29 is 19.4 Å². The number of nitrogens with zero attached hydrogens (tertiary/aromatic N) is 2. The molecule has 3 aromatic rings. The molecule has 0 atom stereocenters. The van der Waals surface area contributed by atoms with E-state index in [1.807, 2.05) is 42.5 Å². The molecule has 1 fully saturated rings. The molecule has 0 unspecified atom stereocenters. The number of carboxylic acid groups (broad SMARTS) is 1. The Hall–Kier alpha value is -3.48. The first kappa shape index (κ1) is 21.7. The fourth-order valence-corrected chi connectivity index (χ4v) is 4.29. The Kier molecular flexibility index (Phi) is 6.94. The highest BCUT2D eigenvalue weighted by atomic mass is 16.5. The maximum absolute atomic E-state index is 12.8. The number of carboxylic acids is 1. The third-order valence-electron chi connectivity index (χ3n) is 6.07. The SMILES string of the molecule is O=C(O)CC1CCC(CC(=O)c2cccc(COc3ccc(-c4ccn[nH]4)nc3)c2)CC1. The number of hydrogen-bond donors (Lipinski definition) is 2. The lowest BCUT2D eigenvalue weighted by atomic mass is 9.78. The molecule has 2 heterocycles. The zero-order valence-corrected chi connectivity index (χ0v) is 17.9. The van der Waals surface area contributed by atoms with Crippen LogP contribution in [0.4, 0.5) is 0 Å². The van der Waals surface area contributed by atoms with Crippen molar-refractivity contribution in [2.45, 2.75) is 45.1 Å². The Morgan fingerprint density at radius 3 is 2.47 bits per heavy atom. The fraction of sp³-hybridized carbons (Fsp3) is 0.360. The molecule has 166 valence electrons. The first-order chi connectivity index (χ1) is 15.6. The highest BCUT2D eigenvalue weighted by Crippen LogP contribution is 2.33. The lowest BCUT2D eigenvalue weighted by Gasteiger charge is -2.27. The standard InChI is InChI=1S/C25H27N3O4/c29-24(13-17-4-6-18(7-5-17)14-25(30)31)20-3-1-2-19(12-20)16-32-21-8-9-22(26-15-21)23-10-11-27-28-23/h1-3,8-12,15,17-18H,4-7,13-14,16H2,(H,27,28)(H,30,31). The van der Waals surface area contributed by atoms with E-state index < -0.39 is 5.97 Å². The molecule has 0 bridgehead atoms. The van der Waals surface area contributed by atoms with E-state index in [0.29, 0.717) is 30.3 Å². The predicted octanol–water partition coefficient (Wildman–Crippen LogP) is 4.90. The molecule has 7 nitrogen and oxygen atoms in total. The number of rotatable bonds is 9. The number of ether oxygens (including phenoxy) is 1. The molecule has 0 aliphatic heterocycles.